The van der Waals surface area contributed by atoms with Crippen LogP contribution in [0.5, 0.6) is 5.75 Å². The minimum absolute atomic E-state index is 0.164. The van der Waals surface area contributed by atoms with Crippen LogP contribution in [-0.2, 0) is 17.9 Å². The Hall–Kier alpha value is -4.13. The number of rotatable bonds is 7. The first-order chi connectivity index (χ1) is 15.5. The standard InChI is InChI=1S/C25H24N4O3/c1-17-11-13-18(14-12-17)15-26-24-19-7-3-5-9-21(19)29(25(31)28-24)16-23(30)27-20-8-4-6-10-22(20)32-2/h3-14H,15-16H2,1-2H3,(H,27,30)(H,26,28,31). The van der Waals surface area contributed by atoms with Crippen LogP contribution < -0.4 is 21.1 Å². The van der Waals surface area contributed by atoms with E-state index >= 15 is 0 Å². The average Bonchev–Trinajstić information content (AvgIpc) is 2.81. The maximum absolute atomic E-state index is 12.8. The summed E-state index contributed by atoms with van der Waals surface area (Å²) < 4.78 is 6.64. The molecule has 1 heterocycles. The Kier molecular flexibility index (Phi) is 6.17. The highest BCUT2D eigenvalue weighted by atomic mass is 16.5. The maximum atomic E-state index is 12.8. The summed E-state index contributed by atoms with van der Waals surface area (Å²) >= 11 is 0. The van der Waals surface area contributed by atoms with Crippen molar-refractivity contribution in [3.63, 3.8) is 0 Å². The third kappa shape index (κ3) is 4.62. The molecule has 0 spiro atoms. The summed E-state index contributed by atoms with van der Waals surface area (Å²) in [7, 11) is 1.54. The van der Waals surface area contributed by atoms with E-state index in [1.165, 1.54) is 17.2 Å². The molecule has 0 bridgehead atoms. The normalized spacial score (nSPS) is 10.7. The Labute approximate surface area is 185 Å². The largest absolute Gasteiger partial charge is 0.495 e. The fourth-order valence-electron chi connectivity index (χ4n) is 3.49. The molecule has 4 aromatic rings. The van der Waals surface area contributed by atoms with Gasteiger partial charge in [-0.1, -0.05) is 54.1 Å². The highest BCUT2D eigenvalue weighted by molar-refractivity contribution is 5.94. The van der Waals surface area contributed by atoms with Crippen molar-refractivity contribution in [3.8, 4) is 5.75 Å². The number of hydrogen-bond donors (Lipinski definition) is 2. The minimum Gasteiger partial charge on any atom is -0.495 e. The topological polar surface area (TPSA) is 85.2 Å². The number of benzene rings is 3. The molecule has 7 heteroatoms. The Morgan fingerprint density at radius 2 is 1.72 bits per heavy atom. The molecule has 0 fully saturated rings. The van der Waals surface area contributed by atoms with E-state index in [0.29, 0.717) is 29.3 Å². The van der Waals surface area contributed by atoms with Crippen LogP contribution in [0.3, 0.4) is 0 Å². The van der Waals surface area contributed by atoms with Gasteiger partial charge >= 0.3 is 5.69 Å². The van der Waals surface area contributed by atoms with Gasteiger partial charge in [-0.15, -0.1) is 0 Å². The molecule has 0 aliphatic rings. The number of hydrogen-bond acceptors (Lipinski definition) is 5. The molecule has 1 amide bonds. The van der Waals surface area contributed by atoms with Crippen LogP contribution in [0.2, 0.25) is 0 Å². The lowest BCUT2D eigenvalue weighted by molar-refractivity contribution is -0.116. The fourth-order valence-corrected chi connectivity index (χ4v) is 3.49. The van der Waals surface area contributed by atoms with E-state index < -0.39 is 5.69 Å². The van der Waals surface area contributed by atoms with E-state index in [0.717, 1.165) is 10.9 Å². The molecule has 2 N–H and O–H groups in total. The summed E-state index contributed by atoms with van der Waals surface area (Å²) in [5, 5.41) is 6.83. The van der Waals surface area contributed by atoms with Gasteiger partial charge in [0, 0.05) is 11.9 Å². The third-order valence-electron chi connectivity index (χ3n) is 5.15. The number of nitrogens with one attached hydrogen (secondary N) is 2. The van der Waals surface area contributed by atoms with Crippen molar-refractivity contribution in [1.29, 1.82) is 0 Å². The summed E-state index contributed by atoms with van der Waals surface area (Å²) in [4.78, 5) is 29.7. The van der Waals surface area contributed by atoms with Gasteiger partial charge in [0.05, 0.1) is 18.3 Å². The Bertz CT molecular complexity index is 1310. The molecule has 0 unspecified atom stereocenters. The molecular weight excluding hydrogens is 404 g/mol. The second kappa shape index (κ2) is 9.34. The predicted molar refractivity (Wildman–Crippen MR) is 126 cm³/mol. The zero-order valence-corrected chi connectivity index (χ0v) is 18.0. The second-order valence-electron chi connectivity index (χ2n) is 7.43. The summed E-state index contributed by atoms with van der Waals surface area (Å²) in [5.41, 5.74) is 2.95. The summed E-state index contributed by atoms with van der Waals surface area (Å²) in [6.45, 7) is 2.41. The van der Waals surface area contributed by atoms with Crippen molar-refractivity contribution in [1.82, 2.24) is 9.55 Å². The molecule has 7 nitrogen and oxygen atoms in total. The number of carbonyl (C=O) groups excluding carboxylic acids is 1. The van der Waals surface area contributed by atoms with Gasteiger partial charge in [-0.25, -0.2) is 4.79 Å². The first-order valence-electron chi connectivity index (χ1n) is 10.3. The molecule has 0 aliphatic heterocycles. The van der Waals surface area contributed by atoms with Gasteiger partial charge in [0.1, 0.15) is 18.1 Å². The van der Waals surface area contributed by atoms with E-state index in [1.807, 2.05) is 61.5 Å². The van der Waals surface area contributed by atoms with Crippen molar-refractivity contribution in [3.05, 3.63) is 94.4 Å². The van der Waals surface area contributed by atoms with Crippen molar-refractivity contribution >= 4 is 28.3 Å². The van der Waals surface area contributed by atoms with Crippen molar-refractivity contribution in [2.75, 3.05) is 17.7 Å². The molecule has 0 saturated carbocycles. The molecule has 1 aromatic heterocycles. The second-order valence-corrected chi connectivity index (χ2v) is 7.43. The number of fused-ring (bicyclic) bond motifs is 1. The zero-order chi connectivity index (χ0) is 22.5. The monoisotopic (exact) mass is 428 g/mol. The molecule has 3 aromatic carbocycles. The molecule has 32 heavy (non-hydrogen) atoms. The summed E-state index contributed by atoms with van der Waals surface area (Å²) in [6.07, 6.45) is 0. The molecule has 0 saturated heterocycles. The van der Waals surface area contributed by atoms with Gasteiger partial charge in [-0.2, -0.15) is 4.98 Å². The highest BCUT2D eigenvalue weighted by Crippen LogP contribution is 2.24. The highest BCUT2D eigenvalue weighted by Gasteiger charge is 2.14. The molecule has 162 valence electrons. The molecular formula is C25H24N4O3. The van der Waals surface area contributed by atoms with Crippen LogP contribution in [-0.4, -0.2) is 22.6 Å². The smallest absolute Gasteiger partial charge is 0.350 e. The molecule has 0 aliphatic carbocycles. The number of carbonyl (C=O) groups is 1. The van der Waals surface area contributed by atoms with E-state index in [-0.39, 0.29) is 12.5 Å². The van der Waals surface area contributed by atoms with Gasteiger partial charge in [-0.05, 0) is 36.8 Å². The van der Waals surface area contributed by atoms with Crippen molar-refractivity contribution in [2.45, 2.75) is 20.0 Å². The molecule has 0 radical (unpaired) electrons. The van der Waals surface area contributed by atoms with E-state index in [1.54, 1.807) is 18.2 Å². The van der Waals surface area contributed by atoms with Crippen LogP contribution in [0.25, 0.3) is 10.9 Å². The van der Waals surface area contributed by atoms with Crippen LogP contribution in [0, 0.1) is 6.92 Å². The number of aromatic nitrogens is 2. The predicted octanol–water partition coefficient (Wildman–Crippen LogP) is 3.96. The van der Waals surface area contributed by atoms with Gasteiger partial charge < -0.3 is 15.4 Å². The van der Waals surface area contributed by atoms with Gasteiger partial charge in [0.2, 0.25) is 5.91 Å². The van der Waals surface area contributed by atoms with Crippen LogP contribution >= 0.6 is 0 Å². The first kappa shape index (κ1) is 21.1. The van der Waals surface area contributed by atoms with Crippen molar-refractivity contribution in [2.24, 2.45) is 0 Å². The number of anilines is 2. The quantitative estimate of drug-likeness (QED) is 0.465. The van der Waals surface area contributed by atoms with E-state index in [2.05, 4.69) is 15.6 Å². The number of aryl methyl sites for hydroxylation is 1. The van der Waals surface area contributed by atoms with Crippen LogP contribution in [0.1, 0.15) is 11.1 Å². The van der Waals surface area contributed by atoms with Crippen molar-refractivity contribution < 1.29 is 9.53 Å². The molecule has 0 atom stereocenters. The lowest BCUT2D eigenvalue weighted by Gasteiger charge is -2.14. The number of para-hydroxylation sites is 3. The molecule has 4 rings (SSSR count). The van der Waals surface area contributed by atoms with Crippen LogP contribution in [0.15, 0.2) is 77.6 Å². The zero-order valence-electron chi connectivity index (χ0n) is 18.0. The fraction of sp³-hybridized carbons (Fsp3) is 0.160. The summed E-state index contributed by atoms with van der Waals surface area (Å²) in [5.74, 6) is 0.698. The SMILES string of the molecule is COc1ccccc1NC(=O)Cn1c(=O)nc(NCc2ccc(C)cc2)c2ccccc21. The average molecular weight is 428 g/mol. The minimum atomic E-state index is -0.495. The maximum Gasteiger partial charge on any atom is 0.350 e. The van der Waals surface area contributed by atoms with E-state index in [4.69, 9.17) is 4.74 Å². The van der Waals surface area contributed by atoms with Gasteiger partial charge in [0.15, 0.2) is 0 Å². The van der Waals surface area contributed by atoms with E-state index in [9.17, 15) is 9.59 Å². The number of ether oxygens (including phenoxy) is 1. The Morgan fingerprint density at radius 3 is 2.50 bits per heavy atom. The first-order valence-corrected chi connectivity index (χ1v) is 10.3. The van der Waals surface area contributed by atoms with Gasteiger partial charge in [0.25, 0.3) is 0 Å². The lowest BCUT2D eigenvalue weighted by atomic mass is 10.1. The summed E-state index contributed by atoms with van der Waals surface area (Å²) in [6, 6.07) is 22.7. The number of amides is 1. The lowest BCUT2D eigenvalue weighted by Crippen LogP contribution is -2.30. The number of nitrogens with zero attached hydrogens (tertiary/aromatic N) is 2. The number of methoxy groups -OCH3 is 1. The Balaban J connectivity index is 1.59. The third-order valence-corrected chi connectivity index (χ3v) is 5.15. The van der Waals surface area contributed by atoms with Crippen LogP contribution in [0.4, 0.5) is 11.5 Å². The van der Waals surface area contributed by atoms with Gasteiger partial charge in [-0.3, -0.25) is 9.36 Å². The Morgan fingerprint density at radius 1 is 1.00 bits per heavy atom.